The number of carbonyl (C=O) groups excluding carboxylic acids is 2. The molecule has 0 bridgehead atoms. The van der Waals surface area contributed by atoms with E-state index in [1.54, 1.807) is 33.0 Å². The smallest absolute Gasteiger partial charge is 0.337 e. The van der Waals surface area contributed by atoms with Crippen molar-refractivity contribution in [1.82, 2.24) is 0 Å². The number of nitrogens with zero attached hydrogens (tertiary/aromatic N) is 1. The van der Waals surface area contributed by atoms with Crippen molar-refractivity contribution in [3.05, 3.63) is 30.3 Å². The van der Waals surface area contributed by atoms with Gasteiger partial charge in [-0.25, -0.2) is 4.79 Å². The van der Waals surface area contributed by atoms with Crippen molar-refractivity contribution in [3.8, 4) is 0 Å². The first kappa shape index (κ1) is 15.5. The molecule has 1 amide bonds. The maximum atomic E-state index is 12.5. The molecular weight excluding hydrogens is 266 g/mol. The van der Waals surface area contributed by atoms with Gasteiger partial charge in [0.05, 0.1) is 7.11 Å². The molecule has 0 spiro atoms. The van der Waals surface area contributed by atoms with Crippen LogP contribution < -0.4 is 4.90 Å². The summed E-state index contributed by atoms with van der Waals surface area (Å²) in [4.78, 5) is 24.0. The number of methoxy groups -OCH3 is 1. The summed E-state index contributed by atoms with van der Waals surface area (Å²) in [5.74, 6) is -1.63. The lowest BCUT2D eigenvalue weighted by molar-refractivity contribution is -0.148. The minimum Gasteiger partial charge on any atom is -0.467 e. The Kier molecular flexibility index (Phi) is 4.95. The maximum Gasteiger partial charge on any atom is 0.337 e. The van der Waals surface area contributed by atoms with Crippen LogP contribution in [0.1, 0.15) is 13.8 Å². The monoisotopic (exact) mass is 283 g/mol. The topological polar surface area (TPSA) is 46.6 Å². The third-order valence-electron chi connectivity index (χ3n) is 3.04. The second-order valence-electron chi connectivity index (χ2n) is 4.56. The van der Waals surface area contributed by atoms with Crippen LogP contribution in [-0.2, 0) is 14.3 Å². The van der Waals surface area contributed by atoms with Gasteiger partial charge >= 0.3 is 5.97 Å². The number of halogens is 1. The lowest BCUT2D eigenvalue weighted by Gasteiger charge is -2.31. The SMILES string of the molecule is COC(=O)C(Cl)(C(=O)N(C)c1ccccc1)C(C)C. The molecule has 0 saturated heterocycles. The van der Waals surface area contributed by atoms with E-state index in [-0.39, 0.29) is 5.92 Å². The van der Waals surface area contributed by atoms with Crippen LogP contribution in [-0.4, -0.2) is 30.9 Å². The van der Waals surface area contributed by atoms with Crippen LogP contribution in [0.25, 0.3) is 0 Å². The molecule has 104 valence electrons. The molecule has 4 nitrogen and oxygen atoms in total. The molecule has 0 saturated carbocycles. The van der Waals surface area contributed by atoms with Gasteiger partial charge in [-0.2, -0.15) is 0 Å². The Morgan fingerprint density at radius 3 is 2.21 bits per heavy atom. The van der Waals surface area contributed by atoms with E-state index in [4.69, 9.17) is 11.6 Å². The van der Waals surface area contributed by atoms with E-state index >= 15 is 0 Å². The van der Waals surface area contributed by atoms with Crippen LogP contribution in [0.15, 0.2) is 30.3 Å². The molecule has 1 unspecified atom stereocenters. The van der Waals surface area contributed by atoms with Crippen molar-refractivity contribution < 1.29 is 14.3 Å². The van der Waals surface area contributed by atoms with Crippen molar-refractivity contribution in [2.24, 2.45) is 5.92 Å². The summed E-state index contributed by atoms with van der Waals surface area (Å²) in [6.07, 6.45) is 0. The number of hydrogen-bond acceptors (Lipinski definition) is 3. The van der Waals surface area contributed by atoms with Gasteiger partial charge in [-0.1, -0.05) is 43.6 Å². The molecule has 1 rings (SSSR count). The summed E-state index contributed by atoms with van der Waals surface area (Å²) >= 11 is 6.25. The van der Waals surface area contributed by atoms with Gasteiger partial charge in [-0.15, -0.1) is 0 Å². The normalized spacial score (nSPS) is 13.8. The van der Waals surface area contributed by atoms with E-state index in [0.29, 0.717) is 5.69 Å². The number of benzene rings is 1. The molecule has 0 aliphatic heterocycles. The summed E-state index contributed by atoms with van der Waals surface area (Å²) in [6, 6.07) is 9.00. The van der Waals surface area contributed by atoms with Crippen LogP contribution in [0.2, 0.25) is 0 Å². The molecule has 1 atom stereocenters. The number of rotatable bonds is 4. The molecule has 0 aliphatic rings. The zero-order valence-corrected chi connectivity index (χ0v) is 12.3. The van der Waals surface area contributed by atoms with Gasteiger partial charge in [0.15, 0.2) is 0 Å². The summed E-state index contributed by atoms with van der Waals surface area (Å²) in [5.41, 5.74) is 0.669. The zero-order chi connectivity index (χ0) is 14.6. The number of ether oxygens (including phenoxy) is 1. The number of para-hydroxylation sites is 1. The lowest BCUT2D eigenvalue weighted by atomic mass is 9.93. The molecule has 0 aromatic heterocycles. The Balaban J connectivity index is 3.12. The number of anilines is 1. The van der Waals surface area contributed by atoms with E-state index in [1.165, 1.54) is 12.0 Å². The molecule has 5 heteroatoms. The van der Waals surface area contributed by atoms with E-state index in [0.717, 1.165) is 0 Å². The predicted molar refractivity (Wildman–Crippen MR) is 75.3 cm³/mol. The van der Waals surface area contributed by atoms with Gasteiger partial charge in [0, 0.05) is 12.7 Å². The van der Waals surface area contributed by atoms with Gasteiger partial charge < -0.3 is 9.64 Å². The Morgan fingerprint density at radius 1 is 1.26 bits per heavy atom. The molecule has 0 heterocycles. The van der Waals surface area contributed by atoms with Crippen molar-refractivity contribution in [1.29, 1.82) is 0 Å². The highest BCUT2D eigenvalue weighted by molar-refractivity contribution is 6.47. The van der Waals surface area contributed by atoms with Crippen LogP contribution in [0.3, 0.4) is 0 Å². The largest absolute Gasteiger partial charge is 0.467 e. The molecule has 0 N–H and O–H groups in total. The molecule has 0 fully saturated rings. The molecule has 0 radical (unpaired) electrons. The number of carbonyl (C=O) groups is 2. The van der Waals surface area contributed by atoms with Gasteiger partial charge in [0.1, 0.15) is 0 Å². The first-order valence-electron chi connectivity index (χ1n) is 5.96. The minimum atomic E-state index is -1.71. The summed E-state index contributed by atoms with van der Waals surface area (Å²) in [7, 11) is 2.80. The highest BCUT2D eigenvalue weighted by atomic mass is 35.5. The molecular formula is C14H18ClNO3. The van der Waals surface area contributed by atoms with Crippen molar-refractivity contribution in [2.75, 3.05) is 19.1 Å². The van der Waals surface area contributed by atoms with Crippen LogP contribution >= 0.6 is 11.6 Å². The Labute approximate surface area is 118 Å². The van der Waals surface area contributed by atoms with Crippen LogP contribution in [0.5, 0.6) is 0 Å². The van der Waals surface area contributed by atoms with Gasteiger partial charge in [-0.3, -0.25) is 4.79 Å². The standard InChI is InChI=1S/C14H18ClNO3/c1-10(2)14(15,13(18)19-4)12(17)16(3)11-8-6-5-7-9-11/h5-10H,1-4H3. The number of esters is 1. The van der Waals surface area contributed by atoms with Crippen LogP contribution in [0.4, 0.5) is 5.69 Å². The number of alkyl halides is 1. The van der Waals surface area contributed by atoms with Crippen molar-refractivity contribution in [3.63, 3.8) is 0 Å². The third kappa shape index (κ3) is 2.89. The summed E-state index contributed by atoms with van der Waals surface area (Å²) in [5, 5.41) is 0. The second-order valence-corrected chi connectivity index (χ2v) is 5.15. The summed E-state index contributed by atoms with van der Waals surface area (Å²) in [6.45, 7) is 3.42. The third-order valence-corrected chi connectivity index (χ3v) is 3.79. The minimum absolute atomic E-state index is 0.389. The average Bonchev–Trinajstić information content (AvgIpc) is 2.44. The van der Waals surface area contributed by atoms with Crippen molar-refractivity contribution in [2.45, 2.75) is 18.7 Å². The maximum absolute atomic E-state index is 12.5. The fourth-order valence-electron chi connectivity index (χ4n) is 1.73. The predicted octanol–water partition coefficient (Wildman–Crippen LogP) is 2.46. The lowest BCUT2D eigenvalue weighted by Crippen LogP contribution is -2.53. The van der Waals surface area contributed by atoms with Gasteiger partial charge in [-0.05, 0) is 18.1 Å². The first-order valence-corrected chi connectivity index (χ1v) is 6.34. The first-order chi connectivity index (χ1) is 8.85. The molecule has 1 aromatic rings. The zero-order valence-electron chi connectivity index (χ0n) is 11.5. The van der Waals surface area contributed by atoms with E-state index < -0.39 is 16.8 Å². The molecule has 0 aliphatic carbocycles. The van der Waals surface area contributed by atoms with Gasteiger partial charge in [0.25, 0.3) is 5.91 Å². The highest BCUT2D eigenvalue weighted by Gasteiger charge is 2.50. The fourth-order valence-corrected chi connectivity index (χ4v) is 1.94. The Bertz CT molecular complexity index is 461. The molecule has 19 heavy (non-hydrogen) atoms. The highest BCUT2D eigenvalue weighted by Crippen LogP contribution is 2.30. The van der Waals surface area contributed by atoms with E-state index in [9.17, 15) is 9.59 Å². The Hall–Kier alpha value is -1.55. The van der Waals surface area contributed by atoms with Crippen LogP contribution in [0, 0.1) is 5.92 Å². The number of amides is 1. The van der Waals surface area contributed by atoms with E-state index in [1.807, 2.05) is 18.2 Å². The molecule has 1 aromatic carbocycles. The quantitative estimate of drug-likeness (QED) is 0.484. The number of hydrogen-bond donors (Lipinski definition) is 0. The fraction of sp³-hybridized carbons (Fsp3) is 0.429. The van der Waals surface area contributed by atoms with Gasteiger partial charge in [0.2, 0.25) is 4.87 Å². The average molecular weight is 284 g/mol. The van der Waals surface area contributed by atoms with E-state index in [2.05, 4.69) is 4.74 Å². The Morgan fingerprint density at radius 2 is 1.79 bits per heavy atom. The second kappa shape index (κ2) is 6.06. The van der Waals surface area contributed by atoms with Crippen molar-refractivity contribution >= 4 is 29.2 Å². The summed E-state index contributed by atoms with van der Waals surface area (Å²) < 4.78 is 4.67.